The zero-order valence-electron chi connectivity index (χ0n) is 15.5. The quantitative estimate of drug-likeness (QED) is 0.645. The number of H-pyrrole nitrogens is 1. The number of nitrogens with one attached hydrogen (secondary N) is 1. The van der Waals surface area contributed by atoms with Crippen LogP contribution in [0, 0.1) is 11.7 Å². The molecule has 1 aliphatic rings. The molecular weight excluding hydrogens is 390 g/mol. The molecule has 3 aromatic rings. The topological polar surface area (TPSA) is 67.9 Å². The monoisotopic (exact) mass is 407 g/mol. The van der Waals surface area contributed by atoms with E-state index in [2.05, 4.69) is 15.0 Å². The number of rotatable bonds is 2. The molecule has 1 fully saturated rings. The molecule has 5 nitrogen and oxygen atoms in total. The van der Waals surface area contributed by atoms with Gasteiger partial charge in [-0.05, 0) is 25.1 Å². The Labute approximate surface area is 162 Å². The molecule has 1 aliphatic heterocycles. The Morgan fingerprint density at radius 3 is 2.62 bits per heavy atom. The van der Waals surface area contributed by atoms with Gasteiger partial charge in [-0.1, -0.05) is 6.92 Å². The maximum Gasteiger partial charge on any atom is 0.417 e. The Morgan fingerprint density at radius 1 is 1.21 bits per heavy atom. The van der Waals surface area contributed by atoms with Crippen molar-refractivity contribution in [3.63, 3.8) is 0 Å². The summed E-state index contributed by atoms with van der Waals surface area (Å²) in [6, 6.07) is 5.27. The molecule has 1 saturated heterocycles. The van der Waals surface area contributed by atoms with Crippen LogP contribution in [0.1, 0.15) is 37.3 Å². The molecule has 0 aromatic carbocycles. The standard InChI is InChI=1S/C20H17F4N3O2/c1-10-17(14-4-3-11(21)8-26-14)18(29-19(10,2)20(22,23)24)15-7-16(28)12-9-25-6-5-13(12)27-15/h3-10,17-18H,1-2H3,(H,27,28)/t10-,17-,18-,19+/m0/s1. The molecule has 9 heteroatoms. The summed E-state index contributed by atoms with van der Waals surface area (Å²) in [7, 11) is 0. The van der Waals surface area contributed by atoms with Crippen molar-refractivity contribution in [1.82, 2.24) is 15.0 Å². The van der Waals surface area contributed by atoms with E-state index in [9.17, 15) is 22.4 Å². The van der Waals surface area contributed by atoms with Crippen LogP contribution in [-0.2, 0) is 4.74 Å². The second kappa shape index (κ2) is 6.62. The van der Waals surface area contributed by atoms with E-state index in [-0.39, 0.29) is 16.8 Å². The van der Waals surface area contributed by atoms with E-state index in [1.165, 1.54) is 31.5 Å². The van der Waals surface area contributed by atoms with Crippen LogP contribution in [0.4, 0.5) is 17.6 Å². The Kier molecular flexibility index (Phi) is 4.45. The number of pyridine rings is 3. The van der Waals surface area contributed by atoms with Crippen LogP contribution in [0.5, 0.6) is 0 Å². The maximum atomic E-state index is 13.9. The van der Waals surface area contributed by atoms with Crippen molar-refractivity contribution in [2.75, 3.05) is 0 Å². The Balaban J connectivity index is 1.89. The molecule has 0 bridgehead atoms. The number of aromatic nitrogens is 3. The second-order valence-corrected chi connectivity index (χ2v) is 7.37. The first-order valence-electron chi connectivity index (χ1n) is 8.95. The van der Waals surface area contributed by atoms with Gasteiger partial charge in [-0.25, -0.2) is 4.39 Å². The average molecular weight is 407 g/mol. The third-order valence-corrected chi connectivity index (χ3v) is 5.72. The maximum absolute atomic E-state index is 13.9. The molecule has 4 atom stereocenters. The summed E-state index contributed by atoms with van der Waals surface area (Å²) in [4.78, 5) is 23.4. The molecule has 3 aromatic heterocycles. The van der Waals surface area contributed by atoms with E-state index in [1.54, 1.807) is 6.07 Å². The lowest BCUT2D eigenvalue weighted by atomic mass is 9.78. The van der Waals surface area contributed by atoms with Gasteiger partial charge in [0.1, 0.15) is 11.9 Å². The van der Waals surface area contributed by atoms with Gasteiger partial charge in [0, 0.05) is 41.7 Å². The van der Waals surface area contributed by atoms with Crippen LogP contribution in [0.2, 0.25) is 0 Å². The number of fused-ring (bicyclic) bond motifs is 1. The predicted octanol–water partition coefficient (Wildman–Crippen LogP) is 4.27. The van der Waals surface area contributed by atoms with E-state index in [0.717, 1.165) is 19.2 Å². The number of hydrogen-bond acceptors (Lipinski definition) is 4. The van der Waals surface area contributed by atoms with Crippen molar-refractivity contribution in [2.45, 2.75) is 37.6 Å². The van der Waals surface area contributed by atoms with Crippen molar-refractivity contribution in [1.29, 1.82) is 0 Å². The molecule has 0 spiro atoms. The van der Waals surface area contributed by atoms with E-state index < -0.39 is 35.5 Å². The largest absolute Gasteiger partial charge is 0.417 e. The minimum Gasteiger partial charge on any atom is -0.356 e. The zero-order valence-corrected chi connectivity index (χ0v) is 15.5. The van der Waals surface area contributed by atoms with Gasteiger partial charge < -0.3 is 9.72 Å². The molecule has 4 rings (SSSR count). The summed E-state index contributed by atoms with van der Waals surface area (Å²) in [6.07, 6.45) is -1.97. The SMILES string of the molecule is C[C@H]1[C@@H](c2ccc(F)cn2)[C@H](c2cc(=O)c3cnccc3[nH]2)O[C@@]1(C)C(F)(F)F. The highest BCUT2D eigenvalue weighted by molar-refractivity contribution is 5.77. The lowest BCUT2D eigenvalue weighted by Gasteiger charge is -2.31. The van der Waals surface area contributed by atoms with Gasteiger partial charge in [0.25, 0.3) is 0 Å². The normalized spacial score (nSPS) is 27.4. The average Bonchev–Trinajstić information content (AvgIpc) is 2.95. The van der Waals surface area contributed by atoms with Gasteiger partial charge in [-0.2, -0.15) is 13.2 Å². The van der Waals surface area contributed by atoms with Crippen molar-refractivity contribution >= 4 is 10.9 Å². The first-order chi connectivity index (χ1) is 13.6. The minimum absolute atomic E-state index is 0.199. The van der Waals surface area contributed by atoms with Crippen molar-refractivity contribution < 1.29 is 22.3 Å². The van der Waals surface area contributed by atoms with Crippen LogP contribution in [0.25, 0.3) is 10.9 Å². The molecule has 0 radical (unpaired) electrons. The summed E-state index contributed by atoms with van der Waals surface area (Å²) in [6.45, 7) is 2.41. The number of alkyl halides is 3. The fraction of sp³-hybridized carbons (Fsp3) is 0.350. The molecule has 29 heavy (non-hydrogen) atoms. The van der Waals surface area contributed by atoms with E-state index in [4.69, 9.17) is 4.74 Å². The number of aromatic amines is 1. The van der Waals surface area contributed by atoms with Crippen LogP contribution >= 0.6 is 0 Å². The van der Waals surface area contributed by atoms with E-state index in [0.29, 0.717) is 10.9 Å². The Bertz CT molecular complexity index is 1110. The molecule has 152 valence electrons. The zero-order chi connectivity index (χ0) is 21.0. The van der Waals surface area contributed by atoms with Gasteiger partial charge in [-0.15, -0.1) is 0 Å². The van der Waals surface area contributed by atoms with Gasteiger partial charge in [0.15, 0.2) is 11.0 Å². The van der Waals surface area contributed by atoms with Gasteiger partial charge in [-0.3, -0.25) is 14.8 Å². The summed E-state index contributed by atoms with van der Waals surface area (Å²) in [5.41, 5.74) is -1.96. The number of hydrogen-bond donors (Lipinski definition) is 1. The summed E-state index contributed by atoms with van der Waals surface area (Å²) in [5.74, 6) is -2.48. The van der Waals surface area contributed by atoms with Crippen molar-refractivity contribution in [3.05, 3.63) is 70.3 Å². The summed E-state index contributed by atoms with van der Waals surface area (Å²) in [5, 5.41) is 0.317. The Morgan fingerprint density at radius 2 is 1.97 bits per heavy atom. The van der Waals surface area contributed by atoms with E-state index in [1.807, 2.05) is 0 Å². The minimum atomic E-state index is -4.65. The lowest BCUT2D eigenvalue weighted by Crippen LogP contribution is -2.46. The fourth-order valence-corrected chi connectivity index (χ4v) is 3.89. The first kappa shape index (κ1) is 19.5. The van der Waals surface area contributed by atoms with E-state index >= 15 is 0 Å². The Hall–Kier alpha value is -2.81. The van der Waals surface area contributed by atoms with Crippen LogP contribution < -0.4 is 5.43 Å². The highest BCUT2D eigenvalue weighted by Gasteiger charge is 2.64. The third kappa shape index (κ3) is 3.09. The van der Waals surface area contributed by atoms with Crippen molar-refractivity contribution in [2.24, 2.45) is 5.92 Å². The number of halogens is 4. The van der Waals surface area contributed by atoms with Crippen molar-refractivity contribution in [3.8, 4) is 0 Å². The highest BCUT2D eigenvalue weighted by atomic mass is 19.4. The predicted molar refractivity (Wildman–Crippen MR) is 96.7 cm³/mol. The fourth-order valence-electron chi connectivity index (χ4n) is 3.89. The van der Waals surface area contributed by atoms with Gasteiger partial charge in [0.05, 0.1) is 17.1 Å². The third-order valence-electron chi connectivity index (χ3n) is 5.72. The van der Waals surface area contributed by atoms with Crippen LogP contribution in [0.15, 0.2) is 47.7 Å². The smallest absolute Gasteiger partial charge is 0.356 e. The summed E-state index contributed by atoms with van der Waals surface area (Å²) < 4.78 is 60.6. The molecule has 4 heterocycles. The second-order valence-electron chi connectivity index (χ2n) is 7.37. The van der Waals surface area contributed by atoms with Crippen LogP contribution in [0.3, 0.4) is 0 Å². The highest BCUT2D eigenvalue weighted by Crippen LogP contribution is 2.57. The molecule has 1 N–H and O–H groups in total. The lowest BCUT2D eigenvalue weighted by molar-refractivity contribution is -0.275. The van der Waals surface area contributed by atoms with Gasteiger partial charge >= 0.3 is 6.18 Å². The first-order valence-corrected chi connectivity index (χ1v) is 8.95. The number of nitrogens with zero attached hydrogens (tertiary/aromatic N) is 2. The molecule has 0 unspecified atom stereocenters. The molecule has 0 aliphatic carbocycles. The molecular formula is C20H17F4N3O2. The summed E-state index contributed by atoms with van der Waals surface area (Å²) >= 11 is 0. The number of ether oxygens (including phenoxy) is 1. The van der Waals surface area contributed by atoms with Crippen LogP contribution in [-0.4, -0.2) is 26.7 Å². The van der Waals surface area contributed by atoms with Gasteiger partial charge in [0.2, 0.25) is 0 Å². The molecule has 0 amide bonds. The molecule has 0 saturated carbocycles.